The van der Waals surface area contributed by atoms with Crippen molar-refractivity contribution in [2.24, 2.45) is 0 Å². The van der Waals surface area contributed by atoms with Gasteiger partial charge in [-0.15, -0.1) is 15.3 Å². The van der Waals surface area contributed by atoms with E-state index in [0.29, 0.717) is 17.2 Å². The number of fused-ring (bicyclic) bond motifs is 2. The van der Waals surface area contributed by atoms with Gasteiger partial charge in [-0.3, -0.25) is 4.98 Å². The van der Waals surface area contributed by atoms with Gasteiger partial charge in [0.2, 0.25) is 5.82 Å². The molecule has 7 heteroatoms. The summed E-state index contributed by atoms with van der Waals surface area (Å²) in [6.45, 7) is 1.87. The average Bonchev–Trinajstić information content (AvgIpc) is 3.05. The number of methoxy groups -OCH3 is 1. The van der Waals surface area contributed by atoms with Gasteiger partial charge in [0, 0.05) is 25.4 Å². The average molecular weight is 372 g/mol. The largest absolute Gasteiger partial charge is 0.497 e. The van der Waals surface area contributed by atoms with E-state index in [-0.39, 0.29) is 0 Å². The van der Waals surface area contributed by atoms with Crippen molar-refractivity contribution >= 4 is 11.5 Å². The summed E-state index contributed by atoms with van der Waals surface area (Å²) in [6.07, 6.45) is 3.73. The van der Waals surface area contributed by atoms with E-state index >= 15 is 0 Å². The van der Waals surface area contributed by atoms with E-state index in [4.69, 9.17) is 9.84 Å². The highest BCUT2D eigenvalue weighted by molar-refractivity contribution is 5.57. The molecule has 0 radical (unpaired) electrons. The molecule has 4 aromatic rings. The molecule has 140 valence electrons. The van der Waals surface area contributed by atoms with Crippen LogP contribution >= 0.6 is 0 Å². The second-order valence-corrected chi connectivity index (χ2v) is 6.82. The normalized spacial score (nSPS) is 14.0. The number of aromatic nitrogens is 5. The van der Waals surface area contributed by atoms with Crippen LogP contribution in [0.1, 0.15) is 11.1 Å². The van der Waals surface area contributed by atoms with Gasteiger partial charge in [0.1, 0.15) is 17.3 Å². The fraction of sp³-hybridized carbons (Fsp3) is 0.238. The Morgan fingerprint density at radius 1 is 0.929 bits per heavy atom. The van der Waals surface area contributed by atoms with Crippen molar-refractivity contribution in [3.63, 3.8) is 0 Å². The molecular formula is C21H20N6O. The van der Waals surface area contributed by atoms with E-state index in [1.807, 2.05) is 18.2 Å². The summed E-state index contributed by atoms with van der Waals surface area (Å²) in [4.78, 5) is 6.73. The molecule has 0 fully saturated rings. The summed E-state index contributed by atoms with van der Waals surface area (Å²) in [5.74, 6) is 2.25. The summed E-state index contributed by atoms with van der Waals surface area (Å²) in [5, 5.41) is 13.4. The molecule has 7 nitrogen and oxygen atoms in total. The number of hydrogen-bond acceptors (Lipinski definition) is 6. The van der Waals surface area contributed by atoms with Crippen LogP contribution in [0.4, 0.5) is 5.82 Å². The van der Waals surface area contributed by atoms with E-state index in [1.165, 1.54) is 11.1 Å². The van der Waals surface area contributed by atoms with Gasteiger partial charge in [-0.2, -0.15) is 4.52 Å². The Balaban J connectivity index is 1.50. The van der Waals surface area contributed by atoms with Crippen LogP contribution in [0.3, 0.4) is 0 Å². The topological polar surface area (TPSA) is 68.4 Å². The highest BCUT2D eigenvalue weighted by atomic mass is 16.5. The maximum absolute atomic E-state index is 5.30. The number of pyridine rings is 1. The fourth-order valence-corrected chi connectivity index (χ4v) is 3.66. The molecule has 0 aliphatic carbocycles. The summed E-state index contributed by atoms with van der Waals surface area (Å²) >= 11 is 0. The van der Waals surface area contributed by atoms with Crippen LogP contribution in [-0.4, -0.2) is 45.0 Å². The molecule has 0 unspecified atom stereocenters. The van der Waals surface area contributed by atoms with Gasteiger partial charge >= 0.3 is 0 Å². The Labute approximate surface area is 162 Å². The molecule has 5 rings (SSSR count). The highest BCUT2D eigenvalue weighted by Crippen LogP contribution is 2.23. The molecule has 0 saturated carbocycles. The Kier molecular flexibility index (Phi) is 4.12. The lowest BCUT2D eigenvalue weighted by Crippen LogP contribution is -2.27. The summed E-state index contributed by atoms with van der Waals surface area (Å²) < 4.78 is 7.06. The zero-order valence-electron chi connectivity index (χ0n) is 15.6. The van der Waals surface area contributed by atoms with Crippen LogP contribution in [0.25, 0.3) is 17.2 Å². The predicted octanol–water partition coefficient (Wildman–Crippen LogP) is 2.80. The minimum absolute atomic E-state index is 0.605. The van der Waals surface area contributed by atoms with Crippen molar-refractivity contribution in [1.29, 1.82) is 0 Å². The predicted molar refractivity (Wildman–Crippen MR) is 107 cm³/mol. The number of nitrogens with zero attached hydrogens (tertiary/aromatic N) is 6. The molecule has 1 aromatic carbocycles. The Hall–Kier alpha value is -3.48. The first-order valence-electron chi connectivity index (χ1n) is 9.36. The van der Waals surface area contributed by atoms with Gasteiger partial charge in [0.15, 0.2) is 5.65 Å². The standard InChI is InChI=1S/C21H20N6O/c1-28-17-8-11-22-18(14-17)21-24-23-19-6-7-20(25-27(19)21)26-12-9-15-4-2-3-5-16(15)10-13-26/h2-8,11,14H,9-10,12-13H2,1H3. The Morgan fingerprint density at radius 2 is 1.71 bits per heavy atom. The number of anilines is 1. The monoisotopic (exact) mass is 372 g/mol. The maximum Gasteiger partial charge on any atom is 0.203 e. The molecule has 3 aromatic heterocycles. The zero-order chi connectivity index (χ0) is 18.9. The molecule has 0 N–H and O–H groups in total. The minimum Gasteiger partial charge on any atom is -0.497 e. The van der Waals surface area contributed by atoms with Gasteiger partial charge in [-0.05, 0) is 42.2 Å². The maximum atomic E-state index is 5.30. The van der Waals surface area contributed by atoms with E-state index in [2.05, 4.69) is 44.3 Å². The summed E-state index contributed by atoms with van der Waals surface area (Å²) in [6, 6.07) is 16.3. The molecule has 0 saturated heterocycles. The van der Waals surface area contributed by atoms with Crippen LogP contribution in [0.2, 0.25) is 0 Å². The lowest BCUT2D eigenvalue weighted by molar-refractivity contribution is 0.414. The Morgan fingerprint density at radius 3 is 2.46 bits per heavy atom. The molecule has 28 heavy (non-hydrogen) atoms. The second-order valence-electron chi connectivity index (χ2n) is 6.82. The van der Waals surface area contributed by atoms with Gasteiger partial charge in [0.25, 0.3) is 0 Å². The first-order valence-corrected chi connectivity index (χ1v) is 9.36. The third kappa shape index (κ3) is 2.94. The molecule has 1 aliphatic rings. The van der Waals surface area contributed by atoms with Crippen molar-refractivity contribution in [2.45, 2.75) is 12.8 Å². The Bertz CT molecular complexity index is 1110. The van der Waals surface area contributed by atoms with Crippen molar-refractivity contribution in [1.82, 2.24) is 24.8 Å². The van der Waals surface area contributed by atoms with E-state index in [0.717, 1.165) is 37.5 Å². The summed E-state index contributed by atoms with van der Waals surface area (Å²) in [7, 11) is 1.63. The van der Waals surface area contributed by atoms with Gasteiger partial charge in [0.05, 0.1) is 7.11 Å². The van der Waals surface area contributed by atoms with Crippen LogP contribution in [0, 0.1) is 0 Å². The number of rotatable bonds is 3. The van der Waals surface area contributed by atoms with Crippen LogP contribution in [0.5, 0.6) is 5.75 Å². The van der Waals surface area contributed by atoms with Crippen molar-refractivity contribution < 1.29 is 4.74 Å². The molecule has 0 amide bonds. The highest BCUT2D eigenvalue weighted by Gasteiger charge is 2.17. The molecule has 4 heterocycles. The third-order valence-electron chi connectivity index (χ3n) is 5.19. The SMILES string of the molecule is COc1ccnc(-c2nnc3ccc(N4CCc5ccccc5CC4)nn23)c1. The molecule has 1 aliphatic heterocycles. The first-order chi connectivity index (χ1) is 13.8. The van der Waals surface area contributed by atoms with Crippen molar-refractivity contribution in [3.8, 4) is 17.3 Å². The second kappa shape index (κ2) is 6.92. The van der Waals surface area contributed by atoms with Gasteiger partial charge in [-0.25, -0.2) is 0 Å². The lowest BCUT2D eigenvalue weighted by Gasteiger charge is -2.21. The van der Waals surface area contributed by atoms with Crippen molar-refractivity contribution in [3.05, 3.63) is 65.9 Å². The van der Waals surface area contributed by atoms with E-state index in [1.54, 1.807) is 23.9 Å². The van der Waals surface area contributed by atoms with Crippen LogP contribution in [-0.2, 0) is 12.8 Å². The lowest BCUT2D eigenvalue weighted by atomic mass is 10.0. The van der Waals surface area contributed by atoms with E-state index < -0.39 is 0 Å². The van der Waals surface area contributed by atoms with Crippen LogP contribution in [0.15, 0.2) is 54.7 Å². The van der Waals surface area contributed by atoms with E-state index in [9.17, 15) is 0 Å². The number of benzene rings is 1. The first kappa shape index (κ1) is 16.7. The minimum atomic E-state index is 0.605. The molecule has 0 bridgehead atoms. The third-order valence-corrected chi connectivity index (χ3v) is 5.19. The van der Waals surface area contributed by atoms with Crippen molar-refractivity contribution in [2.75, 3.05) is 25.1 Å². The molecule has 0 spiro atoms. The van der Waals surface area contributed by atoms with Crippen LogP contribution < -0.4 is 9.64 Å². The molecular weight excluding hydrogens is 352 g/mol. The zero-order valence-corrected chi connectivity index (χ0v) is 15.6. The smallest absolute Gasteiger partial charge is 0.203 e. The van der Waals surface area contributed by atoms with Gasteiger partial charge in [-0.1, -0.05) is 24.3 Å². The fourth-order valence-electron chi connectivity index (χ4n) is 3.66. The van der Waals surface area contributed by atoms with Gasteiger partial charge < -0.3 is 9.64 Å². The summed E-state index contributed by atoms with van der Waals surface area (Å²) in [5.41, 5.74) is 4.23. The number of hydrogen-bond donors (Lipinski definition) is 0. The quantitative estimate of drug-likeness (QED) is 0.551. The molecule has 0 atom stereocenters. The number of ether oxygens (including phenoxy) is 1.